The lowest BCUT2D eigenvalue weighted by Gasteiger charge is -2.18. The topological polar surface area (TPSA) is 144 Å². The minimum atomic E-state index is -0.879. The van der Waals surface area contributed by atoms with Gasteiger partial charge in [0.05, 0.1) is 18.2 Å². The molecule has 2 aromatic rings. The van der Waals surface area contributed by atoms with E-state index in [4.69, 9.17) is 30.9 Å². The third-order valence-corrected chi connectivity index (χ3v) is 7.86. The standard InChI is InChI=1S/C28H35ClN2O4.C7H14O3.C3H6O/c1-4-30-28(33)23(18-20-15-16-24(34-3)22(29)17-20)31-25(32)14-10-5-7-11-19(2)26-27(35-26)21-12-8-6-9-13-21;1-5(2)4-6(10-3)7(8)9;1-2-3-4/h6,8-10,12-17,19,23,26-27H,4-5,7,11,18H2,1-3H3,(H,30,33)(H,31,32);5-6H,4H2,1-3H3,(H,8,9);3H,2H2,1H3/b14-10+;;/t19?,23-,26?,27?;;/m1../s1. The molecular formula is C38H55ClN2O8. The van der Waals surface area contributed by atoms with Crippen molar-refractivity contribution < 1.29 is 38.5 Å². The fraction of sp³-hybridized carbons (Fsp3) is 0.526. The van der Waals surface area contributed by atoms with Crippen LogP contribution in [0, 0.1) is 11.8 Å². The smallest absolute Gasteiger partial charge is 0.332 e. The number of carbonyl (C=O) groups is 4. The molecule has 1 fully saturated rings. The number of rotatable bonds is 18. The molecule has 10 nitrogen and oxygen atoms in total. The Labute approximate surface area is 296 Å². The molecule has 5 atom stereocenters. The Bertz CT molecular complexity index is 1300. The van der Waals surface area contributed by atoms with Crippen LogP contribution in [-0.2, 0) is 35.1 Å². The number of unbranched alkanes of at least 4 members (excludes halogenated alkanes) is 1. The third kappa shape index (κ3) is 17.5. The van der Waals surface area contributed by atoms with Gasteiger partial charge in [0.25, 0.3) is 0 Å². The van der Waals surface area contributed by atoms with Gasteiger partial charge in [-0.1, -0.05) is 81.8 Å². The number of halogens is 1. The molecule has 11 heteroatoms. The molecule has 2 aromatic carbocycles. The highest BCUT2D eigenvalue weighted by Gasteiger charge is 2.43. The summed E-state index contributed by atoms with van der Waals surface area (Å²) in [7, 11) is 2.97. The van der Waals surface area contributed by atoms with Crippen molar-refractivity contribution in [3.63, 3.8) is 0 Å². The van der Waals surface area contributed by atoms with Crippen molar-refractivity contribution in [2.75, 3.05) is 20.8 Å². The molecule has 1 saturated heterocycles. The minimum absolute atomic E-state index is 0.208. The van der Waals surface area contributed by atoms with Crippen molar-refractivity contribution in [2.24, 2.45) is 11.8 Å². The molecule has 3 N–H and O–H groups in total. The average molecular weight is 703 g/mol. The number of likely N-dealkylation sites (N-methyl/N-ethyl adjacent to an activating group) is 1. The zero-order valence-corrected chi connectivity index (χ0v) is 30.7. The first kappa shape index (κ1) is 43.3. The van der Waals surface area contributed by atoms with Crippen LogP contribution in [0.25, 0.3) is 0 Å². The van der Waals surface area contributed by atoms with Gasteiger partial charge >= 0.3 is 5.97 Å². The molecule has 0 bridgehead atoms. The number of carboxylic acids is 1. The molecule has 0 saturated carbocycles. The van der Waals surface area contributed by atoms with Gasteiger partial charge in [0.15, 0.2) is 6.10 Å². The summed E-state index contributed by atoms with van der Waals surface area (Å²) in [5.41, 5.74) is 2.07. The van der Waals surface area contributed by atoms with Gasteiger partial charge in [0, 0.05) is 26.5 Å². The van der Waals surface area contributed by atoms with Crippen LogP contribution >= 0.6 is 11.6 Å². The number of carbonyl (C=O) groups excluding carboxylic acids is 3. The molecule has 1 aliphatic heterocycles. The maximum absolute atomic E-state index is 12.5. The van der Waals surface area contributed by atoms with E-state index >= 15 is 0 Å². The Kier molecular flexibility index (Phi) is 21.6. The van der Waals surface area contributed by atoms with Gasteiger partial charge in [-0.05, 0) is 73.8 Å². The number of nitrogens with one attached hydrogen (secondary N) is 2. The largest absolute Gasteiger partial charge is 0.495 e. The SMILES string of the molecule is CCC=O.CCNC(=O)[C@@H](Cc1ccc(OC)c(Cl)c1)NC(=O)/C=C/CCCC(C)C1OC1c1ccccc1.COC(CC(C)C)C(=O)O. The van der Waals surface area contributed by atoms with Gasteiger partial charge in [-0.2, -0.15) is 0 Å². The summed E-state index contributed by atoms with van der Waals surface area (Å²) < 4.78 is 15.8. The Balaban J connectivity index is 0.000000720. The molecular weight excluding hydrogens is 648 g/mol. The lowest BCUT2D eigenvalue weighted by molar-refractivity contribution is -0.149. The quantitative estimate of drug-likeness (QED) is 0.0671. The molecule has 0 radical (unpaired) electrons. The van der Waals surface area contributed by atoms with Gasteiger partial charge in [0.2, 0.25) is 11.8 Å². The maximum atomic E-state index is 12.5. The number of carboxylic acid groups (broad SMARTS) is 1. The van der Waals surface area contributed by atoms with E-state index in [-0.39, 0.29) is 24.0 Å². The fourth-order valence-corrected chi connectivity index (χ4v) is 5.19. The van der Waals surface area contributed by atoms with Crippen LogP contribution in [0.4, 0.5) is 0 Å². The van der Waals surface area contributed by atoms with Crippen LogP contribution in [0.2, 0.25) is 5.02 Å². The van der Waals surface area contributed by atoms with Crippen molar-refractivity contribution >= 4 is 35.7 Å². The van der Waals surface area contributed by atoms with Crippen molar-refractivity contribution in [1.82, 2.24) is 10.6 Å². The number of aldehydes is 1. The molecule has 4 unspecified atom stereocenters. The first-order chi connectivity index (χ1) is 23.4. The third-order valence-electron chi connectivity index (χ3n) is 7.57. The minimum Gasteiger partial charge on any atom is -0.495 e. The summed E-state index contributed by atoms with van der Waals surface area (Å²) in [6, 6.07) is 15.0. The van der Waals surface area contributed by atoms with Crippen molar-refractivity contribution in [3.8, 4) is 5.75 Å². The maximum Gasteiger partial charge on any atom is 0.332 e. The van der Waals surface area contributed by atoms with Crippen molar-refractivity contribution in [3.05, 3.63) is 76.8 Å². The van der Waals surface area contributed by atoms with Crippen LogP contribution in [0.15, 0.2) is 60.7 Å². The van der Waals surface area contributed by atoms with Gasteiger partial charge in [0.1, 0.15) is 24.2 Å². The molecule has 49 heavy (non-hydrogen) atoms. The number of ether oxygens (including phenoxy) is 3. The van der Waals surface area contributed by atoms with Gasteiger partial charge in [-0.15, -0.1) is 0 Å². The molecule has 0 aliphatic carbocycles. The Morgan fingerprint density at radius 2 is 1.73 bits per heavy atom. The number of amides is 2. The Hall–Kier alpha value is -3.73. The van der Waals surface area contributed by atoms with Crippen molar-refractivity contribution in [2.45, 2.75) is 97.5 Å². The van der Waals surface area contributed by atoms with Gasteiger partial charge < -0.3 is 34.7 Å². The number of allylic oxidation sites excluding steroid dienone is 1. The van der Waals surface area contributed by atoms with E-state index in [0.717, 1.165) is 31.1 Å². The van der Waals surface area contributed by atoms with Crippen molar-refractivity contribution in [1.29, 1.82) is 0 Å². The summed E-state index contributed by atoms with van der Waals surface area (Å²) in [4.78, 5) is 44.5. The summed E-state index contributed by atoms with van der Waals surface area (Å²) in [6.45, 7) is 10.3. The monoisotopic (exact) mass is 702 g/mol. The van der Waals surface area contributed by atoms with Gasteiger partial charge in [-0.3, -0.25) is 9.59 Å². The number of hydrogen-bond acceptors (Lipinski definition) is 7. The first-order valence-electron chi connectivity index (χ1n) is 16.9. The van der Waals surface area contributed by atoms with Crippen LogP contribution in [0.1, 0.15) is 84.0 Å². The summed E-state index contributed by atoms with van der Waals surface area (Å²) in [5, 5.41) is 14.6. The molecule has 1 heterocycles. The van der Waals surface area contributed by atoms with E-state index in [1.807, 2.05) is 58.0 Å². The molecule has 272 valence electrons. The predicted octanol–water partition coefficient (Wildman–Crippen LogP) is 6.74. The fourth-order valence-electron chi connectivity index (χ4n) is 4.90. The number of benzene rings is 2. The highest BCUT2D eigenvalue weighted by atomic mass is 35.5. The van der Waals surface area contributed by atoms with E-state index < -0.39 is 18.1 Å². The lowest BCUT2D eigenvalue weighted by atomic mass is 9.96. The molecule has 0 aromatic heterocycles. The second kappa shape index (κ2) is 24.4. The van der Waals surface area contributed by atoms with E-state index in [0.29, 0.717) is 48.4 Å². The normalized spacial score (nSPS) is 16.6. The van der Waals surface area contributed by atoms with E-state index in [1.165, 1.54) is 18.7 Å². The zero-order valence-electron chi connectivity index (χ0n) is 29.9. The molecule has 1 aliphatic rings. The van der Waals surface area contributed by atoms with Gasteiger partial charge in [-0.25, -0.2) is 4.79 Å². The second-order valence-corrected chi connectivity index (χ2v) is 12.5. The molecule has 3 rings (SSSR count). The van der Waals surface area contributed by atoms with Crippen LogP contribution in [0.5, 0.6) is 5.75 Å². The number of methoxy groups -OCH3 is 2. The highest BCUT2D eigenvalue weighted by molar-refractivity contribution is 6.32. The predicted molar refractivity (Wildman–Crippen MR) is 193 cm³/mol. The number of epoxide rings is 1. The zero-order chi connectivity index (χ0) is 36.8. The second-order valence-electron chi connectivity index (χ2n) is 12.1. The lowest BCUT2D eigenvalue weighted by Crippen LogP contribution is -2.47. The Morgan fingerprint density at radius 1 is 1.06 bits per heavy atom. The average Bonchev–Trinajstić information content (AvgIpc) is 3.89. The summed E-state index contributed by atoms with van der Waals surface area (Å²) >= 11 is 6.21. The van der Waals surface area contributed by atoms with Crippen LogP contribution in [-0.4, -0.2) is 68.2 Å². The number of aliphatic carboxylic acids is 1. The van der Waals surface area contributed by atoms with E-state index in [9.17, 15) is 19.2 Å². The van der Waals surface area contributed by atoms with Crippen LogP contribution < -0.4 is 15.4 Å². The van der Waals surface area contributed by atoms with E-state index in [2.05, 4.69) is 29.7 Å². The molecule has 2 amide bonds. The summed E-state index contributed by atoms with van der Waals surface area (Å²) in [6.07, 6.45) is 8.43. The number of hydrogen-bond donors (Lipinski definition) is 3. The Morgan fingerprint density at radius 3 is 2.24 bits per heavy atom. The van der Waals surface area contributed by atoms with Crippen LogP contribution in [0.3, 0.4) is 0 Å². The first-order valence-corrected chi connectivity index (χ1v) is 17.3. The van der Waals surface area contributed by atoms with E-state index in [1.54, 1.807) is 19.2 Å². The molecule has 0 spiro atoms. The highest BCUT2D eigenvalue weighted by Crippen LogP contribution is 2.44. The summed E-state index contributed by atoms with van der Waals surface area (Å²) in [5.74, 6) is -0.00998.